The van der Waals surface area contributed by atoms with Crippen LogP contribution in [0.25, 0.3) is 0 Å². The Kier molecular flexibility index (Phi) is 56.8. The Morgan fingerprint density at radius 1 is 0.292 bits per heavy atom. The van der Waals surface area contributed by atoms with Crippen molar-refractivity contribution in [1.82, 2.24) is 0 Å². The van der Waals surface area contributed by atoms with E-state index in [1.165, 1.54) is 128 Å². The lowest BCUT2D eigenvalue weighted by Crippen LogP contribution is -2.30. The van der Waals surface area contributed by atoms with Crippen LogP contribution in [0.3, 0.4) is 0 Å². The van der Waals surface area contributed by atoms with Crippen molar-refractivity contribution in [3.05, 3.63) is 97.2 Å². The van der Waals surface area contributed by atoms with Crippen molar-refractivity contribution in [3.8, 4) is 0 Å². The highest BCUT2D eigenvalue weighted by atomic mass is 16.6. The summed E-state index contributed by atoms with van der Waals surface area (Å²) in [6, 6.07) is 0. The molecule has 0 saturated carbocycles. The third-order valence-corrected chi connectivity index (χ3v) is 12.8. The van der Waals surface area contributed by atoms with Crippen molar-refractivity contribution >= 4 is 17.9 Å². The molecule has 0 amide bonds. The first-order valence-corrected chi connectivity index (χ1v) is 30.2. The summed E-state index contributed by atoms with van der Waals surface area (Å²) in [5.41, 5.74) is 0. The number of hydrogen-bond donors (Lipinski definition) is 0. The summed E-state index contributed by atoms with van der Waals surface area (Å²) in [5, 5.41) is 0. The van der Waals surface area contributed by atoms with Crippen LogP contribution in [0.15, 0.2) is 97.2 Å². The zero-order chi connectivity index (χ0) is 52.2. The summed E-state index contributed by atoms with van der Waals surface area (Å²) in [4.78, 5) is 38.1. The molecule has 0 aliphatic carbocycles. The quantitative estimate of drug-likeness (QED) is 0.0261. The smallest absolute Gasteiger partial charge is 0.306 e. The summed E-state index contributed by atoms with van der Waals surface area (Å²) in [6.45, 7) is 6.48. The van der Waals surface area contributed by atoms with E-state index >= 15 is 0 Å². The Bertz CT molecular complexity index is 1430. The van der Waals surface area contributed by atoms with E-state index in [9.17, 15) is 14.4 Å². The molecule has 0 aliphatic heterocycles. The number of rotatable bonds is 54. The Morgan fingerprint density at radius 3 is 0.847 bits per heavy atom. The van der Waals surface area contributed by atoms with Gasteiger partial charge in [-0.3, -0.25) is 14.4 Å². The molecule has 0 spiro atoms. The van der Waals surface area contributed by atoms with E-state index in [0.717, 1.165) is 116 Å². The van der Waals surface area contributed by atoms with E-state index in [1.54, 1.807) is 0 Å². The number of unbranched alkanes of at least 4 members (excludes halogenated alkanes) is 27. The van der Waals surface area contributed by atoms with Crippen LogP contribution in [0.4, 0.5) is 0 Å². The lowest BCUT2D eigenvalue weighted by atomic mass is 10.1. The van der Waals surface area contributed by atoms with Crippen molar-refractivity contribution in [2.75, 3.05) is 13.2 Å². The molecule has 0 N–H and O–H groups in total. The Hall–Kier alpha value is -3.67. The van der Waals surface area contributed by atoms with Crippen LogP contribution in [0.5, 0.6) is 0 Å². The van der Waals surface area contributed by atoms with Gasteiger partial charge in [0, 0.05) is 19.3 Å². The van der Waals surface area contributed by atoms with Gasteiger partial charge in [-0.25, -0.2) is 0 Å². The van der Waals surface area contributed by atoms with E-state index in [0.29, 0.717) is 19.3 Å². The summed E-state index contributed by atoms with van der Waals surface area (Å²) in [6.07, 6.45) is 79.8. The highest BCUT2D eigenvalue weighted by Crippen LogP contribution is 2.15. The van der Waals surface area contributed by atoms with Gasteiger partial charge >= 0.3 is 17.9 Å². The summed E-state index contributed by atoms with van der Waals surface area (Å²) in [5.74, 6) is -0.902. The molecule has 72 heavy (non-hydrogen) atoms. The molecule has 0 fully saturated rings. The predicted octanol–water partition coefficient (Wildman–Crippen LogP) is 20.5. The molecule has 0 rings (SSSR count). The molecule has 0 aliphatic rings. The van der Waals surface area contributed by atoms with Crippen molar-refractivity contribution in [2.24, 2.45) is 0 Å². The molecule has 1 unspecified atom stereocenters. The standard InChI is InChI=1S/C66H112O6/c1-4-7-10-13-16-19-21-23-25-27-29-31-32-33-34-36-37-39-41-43-45-47-50-53-56-59-65(68)71-62-63(61-70-64(67)58-55-52-49-18-15-12-9-6-3)72-66(69)60-57-54-51-48-46-44-42-40-38-35-30-28-26-24-22-20-17-14-11-8-5-2/h7,10,16,19,22-25,28-31,33-34,37,39,63H,4-6,8-9,11-15,17-18,20-21,26-27,32,35-36,38,40-62H2,1-3H3/b10-7-,19-16-,24-22-,25-23-,30-28-,31-29-,34-33-,39-37-. The molecule has 0 bridgehead atoms. The zero-order valence-electron chi connectivity index (χ0n) is 47.2. The molecule has 0 aromatic carbocycles. The first kappa shape index (κ1) is 68.3. The fourth-order valence-corrected chi connectivity index (χ4v) is 8.30. The molecule has 6 nitrogen and oxygen atoms in total. The molecule has 1 atom stereocenters. The monoisotopic (exact) mass is 1000 g/mol. The minimum atomic E-state index is -0.785. The van der Waals surface area contributed by atoms with Crippen LogP contribution in [-0.4, -0.2) is 37.2 Å². The molecular weight excluding hydrogens is 889 g/mol. The summed E-state index contributed by atoms with van der Waals surface area (Å²) < 4.78 is 16.8. The summed E-state index contributed by atoms with van der Waals surface area (Å²) >= 11 is 0. The maximum atomic E-state index is 12.9. The number of esters is 3. The highest BCUT2D eigenvalue weighted by Gasteiger charge is 2.19. The van der Waals surface area contributed by atoms with E-state index in [2.05, 4.69) is 118 Å². The van der Waals surface area contributed by atoms with Crippen molar-refractivity contribution in [3.63, 3.8) is 0 Å². The Labute approximate surface area is 445 Å². The fraction of sp³-hybridized carbons (Fsp3) is 0.712. The van der Waals surface area contributed by atoms with Crippen molar-refractivity contribution in [2.45, 2.75) is 290 Å². The lowest BCUT2D eigenvalue weighted by molar-refractivity contribution is -0.167. The van der Waals surface area contributed by atoms with Crippen LogP contribution >= 0.6 is 0 Å². The van der Waals surface area contributed by atoms with Crippen LogP contribution in [0.1, 0.15) is 284 Å². The number of hydrogen-bond acceptors (Lipinski definition) is 6. The second kappa shape index (κ2) is 59.9. The largest absolute Gasteiger partial charge is 0.462 e. The van der Waals surface area contributed by atoms with Crippen LogP contribution in [-0.2, 0) is 28.6 Å². The number of allylic oxidation sites excluding steroid dienone is 16. The first-order valence-electron chi connectivity index (χ1n) is 30.2. The number of carbonyl (C=O) groups excluding carboxylic acids is 3. The Morgan fingerprint density at radius 2 is 0.542 bits per heavy atom. The fourth-order valence-electron chi connectivity index (χ4n) is 8.30. The molecule has 0 heterocycles. The van der Waals surface area contributed by atoms with Crippen molar-refractivity contribution in [1.29, 1.82) is 0 Å². The van der Waals surface area contributed by atoms with E-state index in [-0.39, 0.29) is 31.1 Å². The van der Waals surface area contributed by atoms with Gasteiger partial charge in [-0.1, -0.05) is 259 Å². The average Bonchev–Trinajstić information content (AvgIpc) is 3.38. The molecule has 0 aromatic heterocycles. The van der Waals surface area contributed by atoms with Gasteiger partial charge in [-0.05, 0) is 103 Å². The lowest BCUT2D eigenvalue weighted by Gasteiger charge is -2.18. The van der Waals surface area contributed by atoms with E-state index < -0.39 is 6.10 Å². The van der Waals surface area contributed by atoms with Gasteiger partial charge in [0.25, 0.3) is 0 Å². The Balaban J connectivity index is 4.27. The molecule has 6 heteroatoms. The van der Waals surface area contributed by atoms with Crippen LogP contribution in [0, 0.1) is 0 Å². The third kappa shape index (κ3) is 57.2. The second-order valence-electron chi connectivity index (χ2n) is 19.9. The normalized spacial score (nSPS) is 12.8. The van der Waals surface area contributed by atoms with Gasteiger partial charge in [0.2, 0.25) is 0 Å². The molecule has 412 valence electrons. The third-order valence-electron chi connectivity index (χ3n) is 12.8. The number of carbonyl (C=O) groups is 3. The SMILES string of the molecule is CC/C=C\C/C=C\C/C=C\C/C=C\C/C=C\C/C=C\CCCCCCCCC(=O)OCC(COC(=O)CCCCCCCCCC)OC(=O)CCCCCCCCCCC/C=C\C/C=C\CCCCCCC. The zero-order valence-corrected chi connectivity index (χ0v) is 47.2. The highest BCUT2D eigenvalue weighted by molar-refractivity contribution is 5.71. The van der Waals surface area contributed by atoms with Crippen LogP contribution in [0.2, 0.25) is 0 Å². The number of ether oxygens (including phenoxy) is 3. The topological polar surface area (TPSA) is 78.9 Å². The molecule has 0 radical (unpaired) electrons. The van der Waals surface area contributed by atoms with Gasteiger partial charge < -0.3 is 14.2 Å². The molecule has 0 saturated heterocycles. The predicted molar refractivity (Wildman–Crippen MR) is 311 cm³/mol. The van der Waals surface area contributed by atoms with Gasteiger partial charge in [0.1, 0.15) is 13.2 Å². The van der Waals surface area contributed by atoms with Gasteiger partial charge in [0.15, 0.2) is 6.10 Å². The minimum Gasteiger partial charge on any atom is -0.462 e. The summed E-state index contributed by atoms with van der Waals surface area (Å²) in [7, 11) is 0. The van der Waals surface area contributed by atoms with Gasteiger partial charge in [-0.15, -0.1) is 0 Å². The van der Waals surface area contributed by atoms with Gasteiger partial charge in [-0.2, -0.15) is 0 Å². The first-order chi connectivity index (χ1) is 35.5. The molecular formula is C66H112O6. The van der Waals surface area contributed by atoms with Gasteiger partial charge in [0.05, 0.1) is 0 Å². The van der Waals surface area contributed by atoms with E-state index in [1.807, 2.05) is 0 Å². The average molecular weight is 1000 g/mol. The minimum absolute atomic E-state index is 0.0830. The maximum Gasteiger partial charge on any atom is 0.306 e. The molecule has 0 aromatic rings. The maximum absolute atomic E-state index is 12.9. The van der Waals surface area contributed by atoms with Crippen molar-refractivity contribution < 1.29 is 28.6 Å². The van der Waals surface area contributed by atoms with Crippen LogP contribution < -0.4 is 0 Å². The second-order valence-corrected chi connectivity index (χ2v) is 19.9. The van der Waals surface area contributed by atoms with E-state index in [4.69, 9.17) is 14.2 Å².